The van der Waals surface area contributed by atoms with Crippen LogP contribution in [0.1, 0.15) is 36.0 Å². The number of alkyl carbamates (subject to hydrolysis) is 1. The van der Waals surface area contributed by atoms with Gasteiger partial charge in [-0.25, -0.2) is 9.59 Å². The van der Waals surface area contributed by atoms with Crippen LogP contribution in [-0.4, -0.2) is 41.8 Å². The van der Waals surface area contributed by atoms with Crippen molar-refractivity contribution in [2.24, 2.45) is 0 Å². The molecule has 7 nitrogen and oxygen atoms in total. The molecule has 0 aliphatic heterocycles. The molecule has 3 N–H and O–H groups in total. The van der Waals surface area contributed by atoms with Crippen LogP contribution in [0.4, 0.5) is 4.79 Å². The second kappa shape index (κ2) is 10.9. The summed E-state index contributed by atoms with van der Waals surface area (Å²) in [6, 6.07) is 23.7. The van der Waals surface area contributed by atoms with Gasteiger partial charge in [-0.2, -0.15) is 0 Å². The summed E-state index contributed by atoms with van der Waals surface area (Å²) in [5, 5.41) is 14.7. The van der Waals surface area contributed by atoms with Gasteiger partial charge in [0.1, 0.15) is 12.6 Å². The van der Waals surface area contributed by atoms with Gasteiger partial charge >= 0.3 is 12.1 Å². The summed E-state index contributed by atoms with van der Waals surface area (Å²) < 4.78 is 5.51. The first-order valence-electron chi connectivity index (χ1n) is 11.6. The van der Waals surface area contributed by atoms with Gasteiger partial charge in [-0.3, -0.25) is 4.79 Å². The molecule has 0 unspecified atom stereocenters. The van der Waals surface area contributed by atoms with Crippen LogP contribution in [0.15, 0.2) is 78.9 Å². The van der Waals surface area contributed by atoms with Crippen LogP contribution in [0.25, 0.3) is 11.1 Å². The molecule has 0 radical (unpaired) electrons. The molecule has 3 aromatic carbocycles. The lowest BCUT2D eigenvalue weighted by Gasteiger charge is -2.19. The van der Waals surface area contributed by atoms with E-state index in [-0.39, 0.29) is 25.4 Å². The van der Waals surface area contributed by atoms with E-state index in [4.69, 9.17) is 4.74 Å². The van der Waals surface area contributed by atoms with Crippen molar-refractivity contribution in [3.05, 3.63) is 95.6 Å². The number of nitrogens with one attached hydrogen (secondary N) is 2. The van der Waals surface area contributed by atoms with Crippen molar-refractivity contribution >= 4 is 18.0 Å². The average molecular weight is 473 g/mol. The summed E-state index contributed by atoms with van der Waals surface area (Å²) in [5.41, 5.74) is 5.33. The third-order valence-electron chi connectivity index (χ3n) is 6.12. The van der Waals surface area contributed by atoms with Crippen LogP contribution in [-0.2, 0) is 20.7 Å². The summed E-state index contributed by atoms with van der Waals surface area (Å²) in [7, 11) is 0. The Labute approximate surface area is 204 Å². The highest BCUT2D eigenvalue weighted by molar-refractivity contribution is 5.84. The van der Waals surface area contributed by atoms with Crippen molar-refractivity contribution < 1.29 is 24.2 Å². The van der Waals surface area contributed by atoms with E-state index in [2.05, 4.69) is 22.8 Å². The fraction of sp³-hybridized carbons (Fsp3) is 0.250. The average Bonchev–Trinajstić information content (AvgIpc) is 3.16. The zero-order chi connectivity index (χ0) is 24.8. The van der Waals surface area contributed by atoms with E-state index < -0.39 is 30.1 Å². The molecule has 0 bridgehead atoms. The van der Waals surface area contributed by atoms with E-state index in [0.717, 1.165) is 27.8 Å². The topological polar surface area (TPSA) is 105 Å². The zero-order valence-corrected chi connectivity index (χ0v) is 19.4. The number of carbonyl (C=O) groups excluding carboxylic acids is 2. The molecule has 2 amide bonds. The normalized spacial score (nSPS) is 13.7. The second-order valence-electron chi connectivity index (χ2n) is 8.72. The Morgan fingerprint density at radius 2 is 1.43 bits per heavy atom. The minimum absolute atomic E-state index is 0.0546. The highest BCUT2D eigenvalue weighted by Gasteiger charge is 2.29. The van der Waals surface area contributed by atoms with Gasteiger partial charge in [-0.05, 0) is 34.7 Å². The van der Waals surface area contributed by atoms with Crippen molar-refractivity contribution in [2.45, 2.75) is 37.8 Å². The standard InChI is InChI=1S/C28H28N2O5/c1-18(15-26(31)30-25(27(32)33)16-19-9-3-2-4-10-19)29-28(34)35-17-24-22-13-7-5-11-20(22)21-12-6-8-14-23(21)24/h2-14,18,24-25H,15-17H2,1H3,(H,29,34)(H,30,31)(H,32,33)/t18-,25-/m1/s1. The van der Waals surface area contributed by atoms with Crippen LogP contribution in [0.3, 0.4) is 0 Å². The van der Waals surface area contributed by atoms with Gasteiger partial charge in [0, 0.05) is 24.8 Å². The van der Waals surface area contributed by atoms with Crippen LogP contribution < -0.4 is 10.6 Å². The van der Waals surface area contributed by atoms with Gasteiger partial charge < -0.3 is 20.5 Å². The Hall–Kier alpha value is -4.13. The smallest absolute Gasteiger partial charge is 0.407 e. The van der Waals surface area contributed by atoms with Crippen molar-refractivity contribution in [1.29, 1.82) is 0 Å². The van der Waals surface area contributed by atoms with E-state index in [1.54, 1.807) is 6.92 Å². The lowest BCUT2D eigenvalue weighted by atomic mass is 9.98. The molecule has 3 aromatic rings. The maximum absolute atomic E-state index is 12.4. The fourth-order valence-corrected chi connectivity index (χ4v) is 4.47. The number of ether oxygens (including phenoxy) is 1. The highest BCUT2D eigenvalue weighted by atomic mass is 16.5. The van der Waals surface area contributed by atoms with Gasteiger partial charge in [0.2, 0.25) is 5.91 Å². The van der Waals surface area contributed by atoms with Crippen molar-refractivity contribution in [2.75, 3.05) is 6.61 Å². The molecule has 180 valence electrons. The van der Waals surface area contributed by atoms with E-state index in [0.29, 0.717) is 0 Å². The largest absolute Gasteiger partial charge is 0.480 e. The van der Waals surface area contributed by atoms with E-state index >= 15 is 0 Å². The molecule has 0 saturated carbocycles. The van der Waals surface area contributed by atoms with Crippen molar-refractivity contribution in [3.63, 3.8) is 0 Å². The van der Waals surface area contributed by atoms with Gasteiger partial charge in [0.15, 0.2) is 0 Å². The summed E-state index contributed by atoms with van der Waals surface area (Å²) in [6.45, 7) is 1.85. The maximum Gasteiger partial charge on any atom is 0.407 e. The number of carboxylic acids is 1. The third kappa shape index (κ3) is 5.87. The Bertz CT molecular complexity index is 1170. The number of benzene rings is 3. The van der Waals surface area contributed by atoms with Crippen molar-refractivity contribution in [1.82, 2.24) is 10.6 Å². The number of hydrogen-bond acceptors (Lipinski definition) is 4. The SMILES string of the molecule is C[C@H](CC(=O)N[C@H](Cc1ccccc1)C(=O)O)NC(=O)OCC1c2ccccc2-c2ccccc21. The second-order valence-corrected chi connectivity index (χ2v) is 8.72. The Balaban J connectivity index is 1.28. The van der Waals surface area contributed by atoms with E-state index in [1.807, 2.05) is 66.7 Å². The molecule has 0 heterocycles. The number of fused-ring (bicyclic) bond motifs is 3. The molecule has 4 rings (SSSR count). The van der Waals surface area contributed by atoms with Crippen LogP contribution in [0.5, 0.6) is 0 Å². The molecule has 1 aliphatic carbocycles. The molecule has 0 spiro atoms. The first-order valence-corrected chi connectivity index (χ1v) is 11.6. The summed E-state index contributed by atoms with van der Waals surface area (Å²) in [4.78, 5) is 36.4. The molecule has 1 aliphatic rings. The number of rotatable bonds is 9. The van der Waals surface area contributed by atoms with Gasteiger partial charge in [0.25, 0.3) is 0 Å². The minimum atomic E-state index is -1.11. The van der Waals surface area contributed by atoms with Gasteiger partial charge in [-0.15, -0.1) is 0 Å². The zero-order valence-electron chi connectivity index (χ0n) is 19.4. The Morgan fingerprint density at radius 1 is 0.857 bits per heavy atom. The van der Waals surface area contributed by atoms with Crippen LogP contribution >= 0.6 is 0 Å². The molecule has 35 heavy (non-hydrogen) atoms. The number of aliphatic carboxylic acids is 1. The summed E-state index contributed by atoms with van der Waals surface area (Å²) in [5.74, 6) is -1.62. The highest BCUT2D eigenvalue weighted by Crippen LogP contribution is 2.44. The van der Waals surface area contributed by atoms with E-state index in [1.165, 1.54) is 0 Å². The predicted octanol–water partition coefficient (Wildman–Crippen LogP) is 4.12. The number of carbonyl (C=O) groups is 3. The maximum atomic E-state index is 12.4. The quantitative estimate of drug-likeness (QED) is 0.435. The van der Waals surface area contributed by atoms with Crippen LogP contribution in [0, 0.1) is 0 Å². The third-order valence-corrected chi connectivity index (χ3v) is 6.12. The predicted molar refractivity (Wildman–Crippen MR) is 132 cm³/mol. The van der Waals surface area contributed by atoms with Gasteiger partial charge in [-0.1, -0.05) is 78.9 Å². The number of carboxylic acid groups (broad SMARTS) is 1. The summed E-state index contributed by atoms with van der Waals surface area (Å²) in [6.07, 6.45) is -0.509. The lowest BCUT2D eigenvalue weighted by Crippen LogP contribution is -2.45. The van der Waals surface area contributed by atoms with Gasteiger partial charge in [0.05, 0.1) is 0 Å². The molecule has 7 heteroatoms. The first-order chi connectivity index (χ1) is 16.9. The molecule has 0 fully saturated rings. The Kier molecular flexibility index (Phi) is 7.45. The Morgan fingerprint density at radius 3 is 2.03 bits per heavy atom. The monoisotopic (exact) mass is 472 g/mol. The van der Waals surface area contributed by atoms with Crippen LogP contribution in [0.2, 0.25) is 0 Å². The fourth-order valence-electron chi connectivity index (χ4n) is 4.47. The van der Waals surface area contributed by atoms with E-state index in [9.17, 15) is 19.5 Å². The molecular formula is C28H28N2O5. The minimum Gasteiger partial charge on any atom is -0.480 e. The lowest BCUT2D eigenvalue weighted by molar-refractivity contribution is -0.141. The summed E-state index contributed by atoms with van der Waals surface area (Å²) >= 11 is 0. The first kappa shape index (κ1) is 24.0. The molecule has 0 aromatic heterocycles. The van der Waals surface area contributed by atoms with Crippen molar-refractivity contribution in [3.8, 4) is 11.1 Å². The molecule has 0 saturated heterocycles. The molecular weight excluding hydrogens is 444 g/mol. The number of hydrogen-bond donors (Lipinski definition) is 3. The number of amides is 2. The molecule has 2 atom stereocenters.